The van der Waals surface area contributed by atoms with Crippen LogP contribution in [0.2, 0.25) is 0 Å². The number of carbonyl (C=O) groups is 3. The molecule has 0 aliphatic heterocycles. The lowest BCUT2D eigenvalue weighted by atomic mass is 10.0. The van der Waals surface area contributed by atoms with Crippen LogP contribution in [0.25, 0.3) is 0 Å². The summed E-state index contributed by atoms with van der Waals surface area (Å²) < 4.78 is 4.56. The summed E-state index contributed by atoms with van der Waals surface area (Å²) in [4.78, 5) is 33.5. The number of amides is 2. The molecule has 1 aromatic rings. The predicted octanol–water partition coefficient (Wildman–Crippen LogP) is 0.0707. The van der Waals surface area contributed by atoms with Crippen molar-refractivity contribution in [3.63, 3.8) is 0 Å². The SMILES string of the molecule is CC(=O)OCC(=O)N[C@H](Cc1ccccc1C)C(N)=O. The normalized spacial score (nSPS) is 11.5. The molecule has 0 unspecified atom stereocenters. The number of primary amides is 1. The number of ether oxygens (including phenoxy) is 1. The molecule has 0 aliphatic carbocycles. The van der Waals surface area contributed by atoms with Gasteiger partial charge in [0.05, 0.1) is 0 Å². The zero-order valence-corrected chi connectivity index (χ0v) is 11.5. The number of aryl methyl sites for hydroxylation is 1. The van der Waals surface area contributed by atoms with Crippen molar-refractivity contribution in [1.82, 2.24) is 5.32 Å². The molecule has 2 amide bonds. The van der Waals surface area contributed by atoms with Crippen LogP contribution in [0.3, 0.4) is 0 Å². The van der Waals surface area contributed by atoms with Gasteiger partial charge in [0.25, 0.3) is 5.91 Å². The van der Waals surface area contributed by atoms with Crippen molar-refractivity contribution in [2.45, 2.75) is 26.3 Å². The molecule has 6 heteroatoms. The molecule has 6 nitrogen and oxygen atoms in total. The molecule has 1 atom stereocenters. The van der Waals surface area contributed by atoms with E-state index in [0.29, 0.717) is 6.42 Å². The second-order valence-corrected chi connectivity index (χ2v) is 4.43. The monoisotopic (exact) mass is 278 g/mol. The van der Waals surface area contributed by atoms with E-state index in [2.05, 4.69) is 10.1 Å². The van der Waals surface area contributed by atoms with Gasteiger partial charge in [-0.15, -0.1) is 0 Å². The van der Waals surface area contributed by atoms with Crippen LogP contribution >= 0.6 is 0 Å². The minimum Gasteiger partial charge on any atom is -0.456 e. The van der Waals surface area contributed by atoms with Crippen molar-refractivity contribution < 1.29 is 19.1 Å². The fourth-order valence-electron chi connectivity index (χ4n) is 1.68. The molecule has 0 fully saturated rings. The van der Waals surface area contributed by atoms with Gasteiger partial charge in [-0.3, -0.25) is 14.4 Å². The zero-order valence-electron chi connectivity index (χ0n) is 11.5. The summed E-state index contributed by atoms with van der Waals surface area (Å²) in [5.74, 6) is -1.75. The average Bonchev–Trinajstić information content (AvgIpc) is 2.38. The van der Waals surface area contributed by atoms with Gasteiger partial charge >= 0.3 is 5.97 Å². The van der Waals surface area contributed by atoms with Gasteiger partial charge in [0.2, 0.25) is 5.91 Å². The lowest BCUT2D eigenvalue weighted by molar-refractivity contribution is -0.146. The molecular weight excluding hydrogens is 260 g/mol. The Bertz CT molecular complexity index is 514. The molecule has 20 heavy (non-hydrogen) atoms. The Hall–Kier alpha value is -2.37. The topological polar surface area (TPSA) is 98.5 Å². The highest BCUT2D eigenvalue weighted by atomic mass is 16.5. The van der Waals surface area contributed by atoms with Crippen LogP contribution < -0.4 is 11.1 Å². The number of nitrogens with two attached hydrogens (primary N) is 1. The van der Waals surface area contributed by atoms with Gasteiger partial charge < -0.3 is 15.8 Å². The van der Waals surface area contributed by atoms with E-state index >= 15 is 0 Å². The van der Waals surface area contributed by atoms with E-state index in [9.17, 15) is 14.4 Å². The minimum absolute atomic E-state index is 0.299. The number of hydrogen-bond acceptors (Lipinski definition) is 4. The van der Waals surface area contributed by atoms with Gasteiger partial charge in [-0.25, -0.2) is 0 Å². The van der Waals surface area contributed by atoms with Crippen molar-refractivity contribution in [3.8, 4) is 0 Å². The average molecular weight is 278 g/mol. The smallest absolute Gasteiger partial charge is 0.303 e. The number of carbonyl (C=O) groups excluding carboxylic acids is 3. The lowest BCUT2D eigenvalue weighted by Gasteiger charge is -2.16. The quantitative estimate of drug-likeness (QED) is 0.719. The van der Waals surface area contributed by atoms with Crippen LogP contribution in [0.4, 0.5) is 0 Å². The second-order valence-electron chi connectivity index (χ2n) is 4.43. The standard InChI is InChI=1S/C14H18N2O4/c1-9-5-3-4-6-11(9)7-12(14(15)19)16-13(18)8-20-10(2)17/h3-6,12H,7-8H2,1-2H3,(H2,15,19)(H,16,18)/t12-/m1/s1. The fraction of sp³-hybridized carbons (Fsp3) is 0.357. The van der Waals surface area contributed by atoms with Crippen LogP contribution in [0, 0.1) is 6.92 Å². The Morgan fingerprint density at radius 3 is 2.50 bits per heavy atom. The zero-order chi connectivity index (χ0) is 15.1. The van der Waals surface area contributed by atoms with E-state index < -0.39 is 30.4 Å². The van der Waals surface area contributed by atoms with Crippen molar-refractivity contribution in [1.29, 1.82) is 0 Å². The molecule has 1 rings (SSSR count). The highest BCUT2D eigenvalue weighted by Gasteiger charge is 2.19. The van der Waals surface area contributed by atoms with Gasteiger partial charge in [-0.2, -0.15) is 0 Å². The summed E-state index contributed by atoms with van der Waals surface area (Å²) in [5, 5.41) is 2.46. The molecule has 0 spiro atoms. The fourth-order valence-corrected chi connectivity index (χ4v) is 1.68. The Labute approximate surface area is 117 Å². The van der Waals surface area contributed by atoms with E-state index in [1.54, 1.807) is 0 Å². The van der Waals surface area contributed by atoms with Crippen molar-refractivity contribution in [2.24, 2.45) is 5.73 Å². The van der Waals surface area contributed by atoms with Gasteiger partial charge in [0, 0.05) is 13.3 Å². The molecule has 0 saturated carbocycles. The highest BCUT2D eigenvalue weighted by Crippen LogP contribution is 2.09. The van der Waals surface area contributed by atoms with Crippen molar-refractivity contribution in [3.05, 3.63) is 35.4 Å². The predicted molar refractivity (Wildman–Crippen MR) is 72.6 cm³/mol. The summed E-state index contributed by atoms with van der Waals surface area (Å²) >= 11 is 0. The van der Waals surface area contributed by atoms with Gasteiger partial charge in [-0.05, 0) is 18.1 Å². The molecule has 0 radical (unpaired) electrons. The Morgan fingerprint density at radius 1 is 1.30 bits per heavy atom. The van der Waals surface area contributed by atoms with E-state index in [0.717, 1.165) is 11.1 Å². The van der Waals surface area contributed by atoms with Crippen LogP contribution in [0.15, 0.2) is 24.3 Å². The molecule has 1 aromatic carbocycles. The maximum absolute atomic E-state index is 11.5. The molecule has 0 saturated heterocycles. The second kappa shape index (κ2) is 7.28. The molecular formula is C14H18N2O4. The number of hydrogen-bond donors (Lipinski definition) is 2. The Kier molecular flexibility index (Phi) is 5.71. The Balaban J connectivity index is 2.66. The van der Waals surface area contributed by atoms with E-state index in [-0.39, 0.29) is 0 Å². The molecule has 3 N–H and O–H groups in total. The van der Waals surface area contributed by atoms with E-state index in [1.807, 2.05) is 31.2 Å². The summed E-state index contributed by atoms with van der Waals surface area (Å²) in [6.07, 6.45) is 0.299. The number of benzene rings is 1. The molecule has 0 aromatic heterocycles. The lowest BCUT2D eigenvalue weighted by Crippen LogP contribution is -2.47. The largest absolute Gasteiger partial charge is 0.456 e. The third-order valence-corrected chi connectivity index (χ3v) is 2.77. The third-order valence-electron chi connectivity index (χ3n) is 2.77. The highest BCUT2D eigenvalue weighted by molar-refractivity contribution is 5.88. The number of esters is 1. The summed E-state index contributed by atoms with van der Waals surface area (Å²) in [6.45, 7) is 2.69. The summed E-state index contributed by atoms with van der Waals surface area (Å²) in [5.41, 5.74) is 7.21. The van der Waals surface area contributed by atoms with Crippen LogP contribution in [-0.2, 0) is 25.5 Å². The first kappa shape index (κ1) is 15.7. The maximum atomic E-state index is 11.5. The maximum Gasteiger partial charge on any atom is 0.303 e. The molecule has 0 aliphatic rings. The van der Waals surface area contributed by atoms with Gasteiger partial charge in [-0.1, -0.05) is 24.3 Å². The molecule has 0 heterocycles. The molecule has 108 valence electrons. The first-order valence-corrected chi connectivity index (χ1v) is 6.16. The third kappa shape index (κ3) is 5.09. The van der Waals surface area contributed by atoms with Crippen LogP contribution in [0.5, 0.6) is 0 Å². The number of nitrogens with one attached hydrogen (secondary N) is 1. The summed E-state index contributed by atoms with van der Waals surface area (Å²) in [7, 11) is 0. The van der Waals surface area contributed by atoms with E-state index in [4.69, 9.17) is 5.73 Å². The van der Waals surface area contributed by atoms with Crippen LogP contribution in [-0.4, -0.2) is 30.4 Å². The first-order valence-electron chi connectivity index (χ1n) is 6.16. The minimum atomic E-state index is -0.834. The molecule has 0 bridgehead atoms. The van der Waals surface area contributed by atoms with Crippen molar-refractivity contribution >= 4 is 17.8 Å². The first-order chi connectivity index (χ1) is 9.40. The van der Waals surface area contributed by atoms with Gasteiger partial charge in [0.1, 0.15) is 6.04 Å². The van der Waals surface area contributed by atoms with Gasteiger partial charge in [0.15, 0.2) is 6.61 Å². The summed E-state index contributed by atoms with van der Waals surface area (Å²) in [6, 6.07) is 6.68. The van der Waals surface area contributed by atoms with Crippen LogP contribution in [0.1, 0.15) is 18.1 Å². The van der Waals surface area contributed by atoms with Crippen molar-refractivity contribution in [2.75, 3.05) is 6.61 Å². The van der Waals surface area contributed by atoms with E-state index in [1.165, 1.54) is 6.92 Å². The Morgan fingerprint density at radius 2 is 1.95 bits per heavy atom. The number of rotatable bonds is 6.